The monoisotopic (exact) mass is 244 g/mol. The summed E-state index contributed by atoms with van der Waals surface area (Å²) in [6, 6.07) is 6.15. The quantitative estimate of drug-likeness (QED) is 0.766. The van der Waals surface area contributed by atoms with Crippen LogP contribution in [0.25, 0.3) is 0 Å². The summed E-state index contributed by atoms with van der Waals surface area (Å²) in [5, 5.41) is 8.71. The largest absolute Gasteiger partial charge is 0.489 e. The van der Waals surface area contributed by atoms with Gasteiger partial charge in [-0.05, 0) is 31.5 Å². The second kappa shape index (κ2) is 5.09. The van der Waals surface area contributed by atoms with Crippen molar-refractivity contribution in [2.45, 2.75) is 26.3 Å². The Bertz CT molecular complexity index is 505. The van der Waals surface area contributed by atoms with Crippen molar-refractivity contribution in [2.24, 2.45) is 0 Å². The third-order valence-corrected chi connectivity index (χ3v) is 3.26. The zero-order valence-electron chi connectivity index (χ0n) is 10.6. The maximum absolute atomic E-state index is 10.9. The molecule has 0 aliphatic carbocycles. The fraction of sp³-hybridized carbons (Fsp3) is 0.429. The van der Waals surface area contributed by atoms with Gasteiger partial charge in [0.15, 0.2) is 0 Å². The number of benzene rings is 1. The summed E-state index contributed by atoms with van der Waals surface area (Å²) >= 11 is 0. The zero-order valence-corrected chi connectivity index (χ0v) is 10.6. The molecule has 4 nitrogen and oxygen atoms in total. The number of nitrogens with zero attached hydrogens (tertiary/aromatic N) is 2. The summed E-state index contributed by atoms with van der Waals surface area (Å²) in [4.78, 5) is 13.1. The summed E-state index contributed by atoms with van der Waals surface area (Å²) in [6.07, 6.45) is 1.33. The van der Waals surface area contributed by atoms with Gasteiger partial charge >= 0.3 is 0 Å². The van der Waals surface area contributed by atoms with Gasteiger partial charge in [0, 0.05) is 12.1 Å². The van der Waals surface area contributed by atoms with Gasteiger partial charge in [0.1, 0.15) is 18.6 Å². The number of rotatable bonds is 3. The number of nitriles is 1. The number of aryl methyl sites for hydroxylation is 1. The molecule has 0 amide bonds. The second-order valence-corrected chi connectivity index (χ2v) is 4.56. The second-order valence-electron chi connectivity index (χ2n) is 4.56. The fourth-order valence-electron chi connectivity index (χ4n) is 2.20. The maximum atomic E-state index is 10.9. The minimum atomic E-state index is 0.243. The molecule has 0 saturated heterocycles. The lowest BCUT2D eigenvalue weighted by Gasteiger charge is -2.36. The predicted molar refractivity (Wildman–Crippen MR) is 69.1 cm³/mol. The van der Waals surface area contributed by atoms with Crippen LogP contribution in [0.1, 0.15) is 29.3 Å². The fourth-order valence-corrected chi connectivity index (χ4v) is 2.20. The van der Waals surface area contributed by atoms with Crippen LogP contribution in [-0.2, 0) is 0 Å². The van der Waals surface area contributed by atoms with Gasteiger partial charge in [-0.3, -0.25) is 4.79 Å². The Labute approximate surface area is 107 Å². The van der Waals surface area contributed by atoms with E-state index in [1.165, 1.54) is 0 Å². The van der Waals surface area contributed by atoms with Gasteiger partial charge in [0.2, 0.25) is 0 Å². The zero-order chi connectivity index (χ0) is 13.1. The highest BCUT2D eigenvalue weighted by Gasteiger charge is 2.24. The molecule has 0 aromatic heterocycles. The lowest BCUT2D eigenvalue weighted by molar-refractivity contribution is 0.112. The Morgan fingerprint density at radius 1 is 1.61 bits per heavy atom. The number of anilines is 1. The Kier molecular flexibility index (Phi) is 3.52. The van der Waals surface area contributed by atoms with E-state index in [9.17, 15) is 4.79 Å². The predicted octanol–water partition coefficient (Wildman–Crippen LogP) is 2.31. The van der Waals surface area contributed by atoms with Crippen LogP contribution in [0, 0.1) is 18.3 Å². The van der Waals surface area contributed by atoms with Crippen molar-refractivity contribution >= 4 is 12.0 Å². The van der Waals surface area contributed by atoms with Crippen molar-refractivity contribution in [3.8, 4) is 11.8 Å². The summed E-state index contributed by atoms with van der Waals surface area (Å²) in [6.45, 7) is 5.25. The lowest BCUT2D eigenvalue weighted by Crippen LogP contribution is -2.41. The molecule has 0 spiro atoms. The van der Waals surface area contributed by atoms with E-state index in [0.717, 1.165) is 23.3 Å². The van der Waals surface area contributed by atoms with E-state index in [4.69, 9.17) is 10.00 Å². The number of carbonyl (C=O) groups is 1. The van der Waals surface area contributed by atoms with E-state index in [1.807, 2.05) is 13.0 Å². The van der Waals surface area contributed by atoms with Crippen molar-refractivity contribution in [3.05, 3.63) is 23.3 Å². The van der Waals surface area contributed by atoms with Crippen LogP contribution in [0.5, 0.6) is 5.75 Å². The molecular formula is C14H16N2O2. The molecule has 1 aromatic rings. The Morgan fingerprint density at radius 2 is 2.39 bits per heavy atom. The molecule has 1 aliphatic heterocycles. The van der Waals surface area contributed by atoms with Crippen molar-refractivity contribution in [1.29, 1.82) is 5.26 Å². The molecule has 94 valence electrons. The van der Waals surface area contributed by atoms with Gasteiger partial charge in [0.25, 0.3) is 0 Å². The lowest BCUT2D eigenvalue weighted by atomic mass is 10.0. The summed E-state index contributed by atoms with van der Waals surface area (Å²) in [5.74, 6) is 0.735. The highest BCUT2D eigenvalue weighted by atomic mass is 16.5. The molecule has 1 aliphatic rings. The first-order valence-corrected chi connectivity index (χ1v) is 6.03. The number of carbonyl (C=O) groups excluding carboxylic acids is 1. The van der Waals surface area contributed by atoms with E-state index in [1.54, 1.807) is 6.07 Å². The molecule has 18 heavy (non-hydrogen) atoms. The van der Waals surface area contributed by atoms with Crippen LogP contribution in [0.3, 0.4) is 0 Å². The Morgan fingerprint density at radius 3 is 3.06 bits per heavy atom. The van der Waals surface area contributed by atoms with E-state index >= 15 is 0 Å². The number of aldehydes is 1. The van der Waals surface area contributed by atoms with Crippen molar-refractivity contribution in [2.75, 3.05) is 18.1 Å². The molecule has 1 unspecified atom stereocenters. The van der Waals surface area contributed by atoms with Gasteiger partial charge in [-0.15, -0.1) is 0 Å². The third-order valence-electron chi connectivity index (χ3n) is 3.26. The Balaban J connectivity index is 2.40. The normalized spacial score (nSPS) is 17.6. The number of hydrogen-bond acceptors (Lipinski definition) is 4. The van der Waals surface area contributed by atoms with Crippen LogP contribution in [0.2, 0.25) is 0 Å². The smallest absolute Gasteiger partial charge is 0.150 e. The first-order chi connectivity index (χ1) is 8.67. The van der Waals surface area contributed by atoms with Crippen LogP contribution < -0.4 is 9.64 Å². The third kappa shape index (κ3) is 2.17. The highest BCUT2D eigenvalue weighted by Crippen LogP contribution is 2.36. The van der Waals surface area contributed by atoms with Crippen LogP contribution in [-0.4, -0.2) is 25.5 Å². The molecule has 1 atom stereocenters. The average Bonchev–Trinajstić information content (AvgIpc) is 2.37. The molecule has 0 bridgehead atoms. The molecule has 0 fully saturated rings. The molecule has 4 heteroatoms. The number of ether oxygens (including phenoxy) is 1. The van der Waals surface area contributed by atoms with Crippen molar-refractivity contribution < 1.29 is 9.53 Å². The van der Waals surface area contributed by atoms with Crippen molar-refractivity contribution in [3.63, 3.8) is 0 Å². The van der Waals surface area contributed by atoms with Gasteiger partial charge in [-0.2, -0.15) is 5.26 Å². The van der Waals surface area contributed by atoms with Gasteiger partial charge in [-0.1, -0.05) is 0 Å². The molecular weight excluding hydrogens is 228 g/mol. The molecule has 0 saturated carbocycles. The maximum Gasteiger partial charge on any atom is 0.150 e. The SMILES string of the molecule is Cc1cc2c(cc1C=O)OCC(C)N2CCC#N. The molecule has 0 N–H and O–H groups in total. The van der Waals surface area contributed by atoms with E-state index in [-0.39, 0.29) is 6.04 Å². The van der Waals surface area contributed by atoms with Crippen LogP contribution in [0.15, 0.2) is 12.1 Å². The topological polar surface area (TPSA) is 53.3 Å². The van der Waals surface area contributed by atoms with E-state index in [0.29, 0.717) is 25.1 Å². The van der Waals surface area contributed by atoms with Gasteiger partial charge < -0.3 is 9.64 Å². The average molecular weight is 244 g/mol. The molecule has 1 heterocycles. The summed E-state index contributed by atoms with van der Waals surface area (Å²) in [7, 11) is 0. The summed E-state index contributed by atoms with van der Waals surface area (Å²) < 4.78 is 5.66. The van der Waals surface area contributed by atoms with Crippen molar-refractivity contribution in [1.82, 2.24) is 0 Å². The minimum Gasteiger partial charge on any atom is -0.489 e. The van der Waals surface area contributed by atoms with E-state index in [2.05, 4.69) is 17.9 Å². The number of fused-ring (bicyclic) bond motifs is 1. The van der Waals surface area contributed by atoms with Crippen LogP contribution >= 0.6 is 0 Å². The first kappa shape index (κ1) is 12.4. The number of hydrogen-bond donors (Lipinski definition) is 0. The van der Waals surface area contributed by atoms with Crippen LogP contribution in [0.4, 0.5) is 5.69 Å². The highest BCUT2D eigenvalue weighted by molar-refractivity contribution is 5.81. The van der Waals surface area contributed by atoms with E-state index < -0.39 is 0 Å². The molecule has 0 radical (unpaired) electrons. The molecule has 1 aromatic carbocycles. The minimum absolute atomic E-state index is 0.243. The standard InChI is InChI=1S/C14H16N2O2/c1-10-6-13-14(7-12(10)8-17)18-9-11(2)16(13)5-3-4-15/h6-8,11H,3,5,9H2,1-2H3. The summed E-state index contributed by atoms with van der Waals surface area (Å²) in [5.41, 5.74) is 2.57. The Hall–Kier alpha value is -2.02. The molecule has 2 rings (SSSR count). The first-order valence-electron chi connectivity index (χ1n) is 6.03. The van der Waals surface area contributed by atoms with Gasteiger partial charge in [0.05, 0.1) is 24.2 Å². The van der Waals surface area contributed by atoms with Gasteiger partial charge in [-0.25, -0.2) is 0 Å².